The number of aryl methyl sites for hydroxylation is 1. The SMILES string of the molecule is C[C@]1(CCCN)CCCc2ccccc21. The second-order valence-corrected chi connectivity index (χ2v) is 4.96. The van der Waals surface area contributed by atoms with Gasteiger partial charge in [0.15, 0.2) is 0 Å². The molecule has 1 aromatic rings. The fourth-order valence-corrected chi connectivity index (χ4v) is 2.88. The summed E-state index contributed by atoms with van der Waals surface area (Å²) in [4.78, 5) is 0. The van der Waals surface area contributed by atoms with Crippen molar-refractivity contribution in [1.29, 1.82) is 0 Å². The monoisotopic (exact) mass is 203 g/mol. The molecule has 0 spiro atoms. The molecule has 0 heterocycles. The highest BCUT2D eigenvalue weighted by Gasteiger charge is 2.30. The van der Waals surface area contributed by atoms with E-state index in [1.165, 1.54) is 25.7 Å². The molecule has 1 aliphatic carbocycles. The fraction of sp³-hybridized carbons (Fsp3) is 0.571. The lowest BCUT2D eigenvalue weighted by atomic mass is 9.69. The lowest BCUT2D eigenvalue weighted by Crippen LogP contribution is -2.28. The smallest absolute Gasteiger partial charge is 0.00719 e. The number of benzene rings is 1. The van der Waals surface area contributed by atoms with Crippen LogP contribution in [0.3, 0.4) is 0 Å². The van der Waals surface area contributed by atoms with E-state index in [9.17, 15) is 0 Å². The first-order valence-electron chi connectivity index (χ1n) is 6.05. The molecule has 0 saturated carbocycles. The van der Waals surface area contributed by atoms with Crippen molar-refractivity contribution in [1.82, 2.24) is 0 Å². The minimum Gasteiger partial charge on any atom is -0.330 e. The first kappa shape index (κ1) is 10.7. The molecule has 1 nitrogen and oxygen atoms in total. The van der Waals surface area contributed by atoms with Gasteiger partial charge in [-0.3, -0.25) is 0 Å². The van der Waals surface area contributed by atoms with Crippen LogP contribution >= 0.6 is 0 Å². The van der Waals surface area contributed by atoms with Crippen LogP contribution in [-0.2, 0) is 11.8 Å². The van der Waals surface area contributed by atoms with Gasteiger partial charge in [0.1, 0.15) is 0 Å². The van der Waals surface area contributed by atoms with E-state index >= 15 is 0 Å². The first-order chi connectivity index (χ1) is 7.26. The number of nitrogens with two attached hydrogens (primary N) is 1. The zero-order valence-electron chi connectivity index (χ0n) is 9.63. The van der Waals surface area contributed by atoms with Crippen LogP contribution in [0.5, 0.6) is 0 Å². The highest BCUT2D eigenvalue weighted by molar-refractivity contribution is 5.36. The van der Waals surface area contributed by atoms with Gasteiger partial charge in [-0.15, -0.1) is 0 Å². The average molecular weight is 203 g/mol. The van der Waals surface area contributed by atoms with E-state index in [0.717, 1.165) is 13.0 Å². The molecule has 0 unspecified atom stereocenters. The molecule has 15 heavy (non-hydrogen) atoms. The van der Waals surface area contributed by atoms with Gasteiger partial charge in [-0.1, -0.05) is 31.2 Å². The highest BCUT2D eigenvalue weighted by Crippen LogP contribution is 2.40. The van der Waals surface area contributed by atoms with Gasteiger partial charge in [-0.25, -0.2) is 0 Å². The van der Waals surface area contributed by atoms with Crippen LogP contribution in [0.25, 0.3) is 0 Å². The van der Waals surface area contributed by atoms with Crippen LogP contribution in [0.15, 0.2) is 24.3 Å². The Hall–Kier alpha value is -0.820. The fourth-order valence-electron chi connectivity index (χ4n) is 2.88. The minimum absolute atomic E-state index is 0.383. The summed E-state index contributed by atoms with van der Waals surface area (Å²) >= 11 is 0. The van der Waals surface area contributed by atoms with E-state index < -0.39 is 0 Å². The van der Waals surface area contributed by atoms with Gasteiger partial charge in [0.2, 0.25) is 0 Å². The predicted molar refractivity (Wildman–Crippen MR) is 65.0 cm³/mol. The Bertz CT molecular complexity index is 332. The normalized spacial score (nSPS) is 24.9. The van der Waals surface area contributed by atoms with E-state index in [-0.39, 0.29) is 0 Å². The third-order valence-electron chi connectivity index (χ3n) is 3.77. The molecule has 0 bridgehead atoms. The molecule has 1 aliphatic rings. The van der Waals surface area contributed by atoms with Crippen LogP contribution in [0.4, 0.5) is 0 Å². The summed E-state index contributed by atoms with van der Waals surface area (Å²) in [6.45, 7) is 3.22. The number of hydrogen-bond acceptors (Lipinski definition) is 1. The molecule has 0 amide bonds. The Morgan fingerprint density at radius 1 is 1.33 bits per heavy atom. The van der Waals surface area contributed by atoms with Crippen LogP contribution in [-0.4, -0.2) is 6.54 Å². The number of fused-ring (bicyclic) bond motifs is 1. The Morgan fingerprint density at radius 2 is 2.13 bits per heavy atom. The van der Waals surface area contributed by atoms with Crippen molar-refractivity contribution in [3.63, 3.8) is 0 Å². The number of rotatable bonds is 3. The van der Waals surface area contributed by atoms with Crippen molar-refractivity contribution in [2.24, 2.45) is 5.73 Å². The van der Waals surface area contributed by atoms with E-state index in [0.29, 0.717) is 5.41 Å². The Labute approximate surface area is 92.7 Å². The molecule has 2 N–H and O–H groups in total. The van der Waals surface area contributed by atoms with Gasteiger partial charge in [0, 0.05) is 0 Å². The van der Waals surface area contributed by atoms with Crippen molar-refractivity contribution in [3.8, 4) is 0 Å². The van der Waals surface area contributed by atoms with E-state index in [2.05, 4.69) is 31.2 Å². The maximum atomic E-state index is 5.62. The van der Waals surface area contributed by atoms with Crippen molar-refractivity contribution in [2.75, 3.05) is 6.54 Å². The standard InChI is InChI=1S/C14H21N/c1-14(10-5-11-15)9-4-7-12-6-2-3-8-13(12)14/h2-3,6,8H,4-5,7,9-11,15H2,1H3/t14-/m1/s1. The molecular formula is C14H21N. The van der Waals surface area contributed by atoms with E-state index in [1.807, 2.05) is 0 Å². The lowest BCUT2D eigenvalue weighted by Gasteiger charge is -2.36. The molecular weight excluding hydrogens is 182 g/mol. The van der Waals surface area contributed by atoms with Crippen molar-refractivity contribution < 1.29 is 0 Å². The summed E-state index contributed by atoms with van der Waals surface area (Å²) in [6, 6.07) is 8.93. The molecule has 0 aromatic heterocycles. The molecule has 1 atom stereocenters. The van der Waals surface area contributed by atoms with Gasteiger partial charge < -0.3 is 5.73 Å². The van der Waals surface area contributed by atoms with E-state index in [1.54, 1.807) is 11.1 Å². The van der Waals surface area contributed by atoms with Crippen LogP contribution in [0, 0.1) is 0 Å². The summed E-state index contributed by atoms with van der Waals surface area (Å²) < 4.78 is 0. The zero-order valence-corrected chi connectivity index (χ0v) is 9.63. The zero-order chi connectivity index (χ0) is 10.7. The maximum Gasteiger partial charge on any atom is -0.00719 e. The number of hydrogen-bond donors (Lipinski definition) is 1. The third-order valence-corrected chi connectivity index (χ3v) is 3.77. The Kier molecular flexibility index (Phi) is 3.11. The lowest BCUT2D eigenvalue weighted by molar-refractivity contribution is 0.359. The van der Waals surface area contributed by atoms with Crippen LogP contribution in [0.1, 0.15) is 43.7 Å². The van der Waals surface area contributed by atoms with Gasteiger partial charge in [-0.2, -0.15) is 0 Å². The minimum atomic E-state index is 0.383. The maximum absolute atomic E-state index is 5.62. The Balaban J connectivity index is 2.27. The first-order valence-corrected chi connectivity index (χ1v) is 6.05. The summed E-state index contributed by atoms with van der Waals surface area (Å²) in [7, 11) is 0. The second-order valence-electron chi connectivity index (χ2n) is 4.96. The quantitative estimate of drug-likeness (QED) is 0.803. The summed E-state index contributed by atoms with van der Waals surface area (Å²) in [6.07, 6.45) is 6.29. The summed E-state index contributed by atoms with van der Waals surface area (Å²) in [5.74, 6) is 0. The second kappa shape index (κ2) is 4.36. The van der Waals surface area contributed by atoms with Crippen LogP contribution in [0.2, 0.25) is 0 Å². The van der Waals surface area contributed by atoms with Crippen LogP contribution < -0.4 is 5.73 Å². The molecule has 0 aliphatic heterocycles. The largest absolute Gasteiger partial charge is 0.330 e. The molecule has 0 radical (unpaired) electrons. The highest BCUT2D eigenvalue weighted by atomic mass is 14.5. The van der Waals surface area contributed by atoms with Gasteiger partial charge in [0.05, 0.1) is 0 Å². The molecule has 1 aromatic carbocycles. The summed E-state index contributed by atoms with van der Waals surface area (Å²) in [5, 5.41) is 0. The van der Waals surface area contributed by atoms with Crippen molar-refractivity contribution in [2.45, 2.75) is 44.4 Å². The van der Waals surface area contributed by atoms with Gasteiger partial charge >= 0.3 is 0 Å². The third kappa shape index (κ3) is 2.07. The van der Waals surface area contributed by atoms with Crippen molar-refractivity contribution >= 4 is 0 Å². The summed E-state index contributed by atoms with van der Waals surface area (Å²) in [5.41, 5.74) is 9.14. The molecule has 0 fully saturated rings. The molecule has 82 valence electrons. The topological polar surface area (TPSA) is 26.0 Å². The van der Waals surface area contributed by atoms with E-state index in [4.69, 9.17) is 5.73 Å². The average Bonchev–Trinajstić information content (AvgIpc) is 2.27. The molecule has 0 saturated heterocycles. The van der Waals surface area contributed by atoms with Gasteiger partial charge in [0.25, 0.3) is 0 Å². The predicted octanol–water partition coefficient (Wildman–Crippen LogP) is 3.02. The molecule has 1 heteroatoms. The Morgan fingerprint density at radius 3 is 2.93 bits per heavy atom. The molecule has 2 rings (SSSR count). The van der Waals surface area contributed by atoms with Crippen molar-refractivity contribution in [3.05, 3.63) is 35.4 Å². The van der Waals surface area contributed by atoms with Gasteiger partial charge in [-0.05, 0) is 55.2 Å².